The van der Waals surface area contributed by atoms with Crippen LogP contribution in [0.3, 0.4) is 0 Å². The van der Waals surface area contributed by atoms with E-state index in [9.17, 15) is 8.42 Å². The van der Waals surface area contributed by atoms with Crippen LogP contribution in [0.15, 0.2) is 12.3 Å². The van der Waals surface area contributed by atoms with E-state index in [0.717, 1.165) is 13.1 Å². The van der Waals surface area contributed by atoms with Crippen molar-refractivity contribution in [2.24, 2.45) is 5.92 Å². The zero-order valence-corrected chi connectivity index (χ0v) is 12.6. The van der Waals surface area contributed by atoms with Crippen molar-refractivity contribution in [2.75, 3.05) is 18.8 Å². The molecular formula is C14H23N3O2S. The van der Waals surface area contributed by atoms with Crippen LogP contribution in [0.4, 0.5) is 0 Å². The molecular weight excluding hydrogens is 274 g/mol. The number of nitrogens with zero attached hydrogens (tertiary/aromatic N) is 2. The van der Waals surface area contributed by atoms with Crippen LogP contribution in [0.1, 0.15) is 43.8 Å². The lowest BCUT2D eigenvalue weighted by molar-refractivity contribution is 0.328. The summed E-state index contributed by atoms with van der Waals surface area (Å²) in [6, 6.07) is 2.33. The lowest BCUT2D eigenvalue weighted by Gasteiger charge is -2.26. The van der Waals surface area contributed by atoms with E-state index in [-0.39, 0.29) is 11.5 Å². The van der Waals surface area contributed by atoms with Crippen molar-refractivity contribution in [1.29, 1.82) is 0 Å². The summed E-state index contributed by atoms with van der Waals surface area (Å²) in [5, 5.41) is 7.60. The summed E-state index contributed by atoms with van der Waals surface area (Å²) in [4.78, 5) is 0. The van der Waals surface area contributed by atoms with Crippen molar-refractivity contribution >= 4 is 9.84 Å². The van der Waals surface area contributed by atoms with E-state index in [4.69, 9.17) is 0 Å². The molecule has 5 nitrogen and oxygen atoms in total. The molecule has 112 valence electrons. The number of hydrogen-bond donors (Lipinski definition) is 1. The lowest BCUT2D eigenvalue weighted by Crippen LogP contribution is -2.45. The van der Waals surface area contributed by atoms with Crippen molar-refractivity contribution in [2.45, 2.75) is 43.9 Å². The Morgan fingerprint density at radius 2 is 2.00 bits per heavy atom. The Kier molecular flexibility index (Phi) is 4.12. The molecule has 2 aliphatic rings. The third kappa shape index (κ3) is 3.41. The third-order valence-electron chi connectivity index (χ3n) is 4.34. The van der Waals surface area contributed by atoms with Gasteiger partial charge in [-0.25, -0.2) is 8.42 Å². The third-order valence-corrected chi connectivity index (χ3v) is 6.05. The quantitative estimate of drug-likeness (QED) is 0.895. The van der Waals surface area contributed by atoms with Crippen LogP contribution < -0.4 is 5.32 Å². The molecule has 0 atom stereocenters. The van der Waals surface area contributed by atoms with E-state index in [1.807, 2.05) is 16.9 Å². The Hall–Kier alpha value is -0.880. The van der Waals surface area contributed by atoms with Gasteiger partial charge in [-0.05, 0) is 24.8 Å². The molecule has 0 aromatic carbocycles. The largest absolute Gasteiger partial charge is 0.316 e. The van der Waals surface area contributed by atoms with Gasteiger partial charge in [-0.3, -0.25) is 4.68 Å². The molecule has 1 N–H and O–H groups in total. The Bertz CT molecular complexity index is 543. The minimum absolute atomic E-state index is 0.0865. The summed E-state index contributed by atoms with van der Waals surface area (Å²) in [6.45, 7) is 1.66. The van der Waals surface area contributed by atoms with Gasteiger partial charge in [-0.1, -0.05) is 19.3 Å². The van der Waals surface area contributed by atoms with Gasteiger partial charge in [0.25, 0.3) is 0 Å². The molecule has 2 fully saturated rings. The molecule has 1 aromatic rings. The molecule has 1 aliphatic carbocycles. The van der Waals surface area contributed by atoms with Crippen LogP contribution in [0.2, 0.25) is 0 Å². The minimum atomic E-state index is -3.03. The zero-order valence-electron chi connectivity index (χ0n) is 11.8. The Morgan fingerprint density at radius 3 is 2.65 bits per heavy atom. The highest BCUT2D eigenvalue weighted by molar-refractivity contribution is 7.90. The standard InChI is InChI=1S/C14H23N3O2S/c18-20(19,10-12-8-15-9-12)11-13-6-7-17(16-13)14-4-2-1-3-5-14/h6-7,12,14-15H,1-5,8-11H2. The fraction of sp³-hybridized carbons (Fsp3) is 0.786. The Balaban J connectivity index is 1.61. The van der Waals surface area contributed by atoms with E-state index >= 15 is 0 Å². The van der Waals surface area contributed by atoms with Gasteiger partial charge in [0.15, 0.2) is 9.84 Å². The summed E-state index contributed by atoms with van der Waals surface area (Å²) in [6.07, 6.45) is 8.11. The molecule has 1 saturated carbocycles. The summed E-state index contributed by atoms with van der Waals surface area (Å²) in [5.74, 6) is 0.667. The first kappa shape index (κ1) is 14.1. The summed E-state index contributed by atoms with van der Waals surface area (Å²) in [7, 11) is -3.03. The molecule has 0 radical (unpaired) electrons. The summed E-state index contributed by atoms with van der Waals surface area (Å²) < 4.78 is 26.2. The van der Waals surface area contributed by atoms with Gasteiger partial charge in [-0.15, -0.1) is 0 Å². The molecule has 6 heteroatoms. The van der Waals surface area contributed by atoms with Gasteiger partial charge < -0.3 is 5.32 Å². The van der Waals surface area contributed by atoms with Crippen molar-refractivity contribution in [3.63, 3.8) is 0 Å². The average Bonchev–Trinajstić information content (AvgIpc) is 2.83. The summed E-state index contributed by atoms with van der Waals surface area (Å²) in [5.41, 5.74) is 0.697. The fourth-order valence-corrected chi connectivity index (χ4v) is 4.79. The maximum absolute atomic E-state index is 12.1. The maximum Gasteiger partial charge on any atom is 0.156 e. The number of aromatic nitrogens is 2. The molecule has 1 saturated heterocycles. The van der Waals surface area contributed by atoms with Crippen molar-refractivity contribution in [1.82, 2.24) is 15.1 Å². The van der Waals surface area contributed by atoms with Gasteiger partial charge in [0.2, 0.25) is 0 Å². The second kappa shape index (κ2) is 5.85. The van der Waals surface area contributed by atoms with Crippen molar-refractivity contribution in [3.05, 3.63) is 18.0 Å². The first-order chi connectivity index (χ1) is 9.62. The predicted octanol–water partition coefficient (Wildman–Crippen LogP) is 1.52. The second-order valence-electron chi connectivity index (χ2n) is 6.16. The first-order valence-corrected chi connectivity index (χ1v) is 9.40. The van der Waals surface area contributed by atoms with Gasteiger partial charge in [0.1, 0.15) is 0 Å². The predicted molar refractivity (Wildman–Crippen MR) is 78.2 cm³/mol. The normalized spacial score (nSPS) is 21.8. The van der Waals surface area contributed by atoms with E-state index in [2.05, 4.69) is 10.4 Å². The van der Waals surface area contributed by atoms with Gasteiger partial charge in [0.05, 0.1) is 23.2 Å². The van der Waals surface area contributed by atoms with Crippen LogP contribution in [-0.2, 0) is 15.6 Å². The minimum Gasteiger partial charge on any atom is -0.316 e. The fourth-order valence-electron chi connectivity index (χ4n) is 3.11. The Morgan fingerprint density at radius 1 is 1.25 bits per heavy atom. The highest BCUT2D eigenvalue weighted by Gasteiger charge is 2.25. The van der Waals surface area contributed by atoms with Crippen LogP contribution in [-0.4, -0.2) is 37.0 Å². The number of sulfone groups is 1. The van der Waals surface area contributed by atoms with Gasteiger partial charge in [-0.2, -0.15) is 5.10 Å². The molecule has 0 unspecified atom stereocenters. The maximum atomic E-state index is 12.1. The van der Waals surface area contributed by atoms with Crippen LogP contribution in [0.5, 0.6) is 0 Å². The van der Waals surface area contributed by atoms with Crippen LogP contribution >= 0.6 is 0 Å². The molecule has 20 heavy (non-hydrogen) atoms. The van der Waals surface area contributed by atoms with E-state index in [0.29, 0.717) is 17.7 Å². The topological polar surface area (TPSA) is 64.0 Å². The average molecular weight is 297 g/mol. The molecule has 3 rings (SSSR count). The van der Waals surface area contributed by atoms with Gasteiger partial charge in [0, 0.05) is 19.3 Å². The van der Waals surface area contributed by atoms with E-state index in [1.54, 1.807) is 0 Å². The molecule has 0 amide bonds. The van der Waals surface area contributed by atoms with Gasteiger partial charge >= 0.3 is 0 Å². The molecule has 1 aromatic heterocycles. The molecule has 0 spiro atoms. The monoisotopic (exact) mass is 297 g/mol. The number of rotatable bonds is 5. The molecule has 2 heterocycles. The zero-order chi connectivity index (χ0) is 14.0. The smallest absolute Gasteiger partial charge is 0.156 e. The van der Waals surface area contributed by atoms with E-state index in [1.165, 1.54) is 32.1 Å². The van der Waals surface area contributed by atoms with E-state index < -0.39 is 9.84 Å². The summed E-state index contributed by atoms with van der Waals surface area (Å²) >= 11 is 0. The highest BCUT2D eigenvalue weighted by Crippen LogP contribution is 2.27. The number of nitrogens with one attached hydrogen (secondary N) is 1. The van der Waals surface area contributed by atoms with Crippen molar-refractivity contribution in [3.8, 4) is 0 Å². The number of hydrogen-bond acceptors (Lipinski definition) is 4. The SMILES string of the molecule is O=S(=O)(Cc1ccn(C2CCCCC2)n1)CC1CNC1. The molecule has 0 bridgehead atoms. The molecule has 1 aliphatic heterocycles. The van der Waals surface area contributed by atoms with Crippen molar-refractivity contribution < 1.29 is 8.42 Å². The lowest BCUT2D eigenvalue weighted by atomic mass is 9.96. The van der Waals surface area contributed by atoms with Crippen LogP contribution in [0, 0.1) is 5.92 Å². The second-order valence-corrected chi connectivity index (χ2v) is 8.27. The van der Waals surface area contributed by atoms with Crippen LogP contribution in [0.25, 0.3) is 0 Å². The Labute approximate surface area is 120 Å². The highest BCUT2D eigenvalue weighted by atomic mass is 32.2. The first-order valence-electron chi connectivity index (χ1n) is 7.57.